The molecule has 0 bridgehead atoms. The van der Waals surface area contributed by atoms with Gasteiger partial charge in [0.15, 0.2) is 0 Å². The number of hydrogen-bond donors (Lipinski definition) is 1. The Morgan fingerprint density at radius 3 is 2.93 bits per heavy atom. The van der Waals surface area contributed by atoms with E-state index in [1.54, 1.807) is 18.2 Å². The number of benzene rings is 1. The molecule has 0 saturated carbocycles. The highest BCUT2D eigenvalue weighted by Crippen LogP contribution is 2.19. The highest BCUT2D eigenvalue weighted by atomic mass is 32.2. The molecular formula is C10H12FNOS. The van der Waals surface area contributed by atoms with E-state index in [-0.39, 0.29) is 11.9 Å². The Morgan fingerprint density at radius 2 is 2.21 bits per heavy atom. The molecule has 1 aromatic carbocycles. The second-order valence-electron chi connectivity index (χ2n) is 3.34. The third kappa shape index (κ3) is 2.01. The summed E-state index contributed by atoms with van der Waals surface area (Å²) < 4.78 is 24.7. The Morgan fingerprint density at radius 1 is 1.43 bits per heavy atom. The SMILES string of the molecule is O=S1CCNC(c2ccccc2F)C1. The van der Waals surface area contributed by atoms with Gasteiger partial charge in [-0.25, -0.2) is 4.39 Å². The quantitative estimate of drug-likeness (QED) is 0.760. The summed E-state index contributed by atoms with van der Waals surface area (Å²) in [5.74, 6) is 0.968. The van der Waals surface area contributed by atoms with Crippen LogP contribution in [0.2, 0.25) is 0 Å². The average Bonchev–Trinajstić information content (AvgIpc) is 2.18. The highest BCUT2D eigenvalue weighted by Gasteiger charge is 2.21. The molecule has 1 N–H and O–H groups in total. The van der Waals surface area contributed by atoms with Crippen molar-refractivity contribution in [2.75, 3.05) is 18.1 Å². The predicted molar refractivity (Wildman–Crippen MR) is 55.0 cm³/mol. The van der Waals surface area contributed by atoms with E-state index in [4.69, 9.17) is 0 Å². The van der Waals surface area contributed by atoms with E-state index in [1.165, 1.54) is 6.07 Å². The van der Waals surface area contributed by atoms with Crippen LogP contribution in [0.25, 0.3) is 0 Å². The summed E-state index contributed by atoms with van der Waals surface area (Å²) >= 11 is 0. The van der Waals surface area contributed by atoms with Crippen molar-refractivity contribution in [1.29, 1.82) is 0 Å². The van der Waals surface area contributed by atoms with Gasteiger partial charge in [0.25, 0.3) is 0 Å². The summed E-state index contributed by atoms with van der Waals surface area (Å²) in [5, 5.41) is 3.17. The van der Waals surface area contributed by atoms with Gasteiger partial charge in [0, 0.05) is 40.5 Å². The van der Waals surface area contributed by atoms with Gasteiger partial charge in [-0.05, 0) is 6.07 Å². The predicted octanol–water partition coefficient (Wildman–Crippen LogP) is 1.22. The Bertz CT molecular complexity index is 356. The molecule has 1 aliphatic rings. The van der Waals surface area contributed by atoms with Gasteiger partial charge in [0.05, 0.1) is 0 Å². The van der Waals surface area contributed by atoms with Gasteiger partial charge in [-0.2, -0.15) is 0 Å². The van der Waals surface area contributed by atoms with Crippen LogP contribution in [0, 0.1) is 5.82 Å². The smallest absolute Gasteiger partial charge is 0.128 e. The van der Waals surface area contributed by atoms with Gasteiger partial charge in [-0.15, -0.1) is 0 Å². The van der Waals surface area contributed by atoms with Crippen LogP contribution in [0.4, 0.5) is 4.39 Å². The van der Waals surface area contributed by atoms with Crippen LogP contribution in [0.5, 0.6) is 0 Å². The number of rotatable bonds is 1. The second-order valence-corrected chi connectivity index (χ2v) is 4.96. The average molecular weight is 213 g/mol. The van der Waals surface area contributed by atoms with Crippen LogP contribution in [0.3, 0.4) is 0 Å². The van der Waals surface area contributed by atoms with Gasteiger partial charge in [-0.1, -0.05) is 18.2 Å². The van der Waals surface area contributed by atoms with Crippen molar-refractivity contribution in [2.45, 2.75) is 6.04 Å². The lowest BCUT2D eigenvalue weighted by Gasteiger charge is -2.23. The summed E-state index contributed by atoms with van der Waals surface area (Å²) in [6, 6.07) is 6.56. The Labute approximate surface area is 85.0 Å². The lowest BCUT2D eigenvalue weighted by molar-refractivity contribution is 0.530. The third-order valence-corrected chi connectivity index (χ3v) is 3.72. The maximum absolute atomic E-state index is 13.4. The monoisotopic (exact) mass is 213 g/mol. The summed E-state index contributed by atoms with van der Waals surface area (Å²) in [6.45, 7) is 0.700. The third-order valence-electron chi connectivity index (χ3n) is 2.35. The molecule has 0 radical (unpaired) electrons. The number of halogens is 1. The normalized spacial score (nSPS) is 27.5. The fourth-order valence-corrected chi connectivity index (χ4v) is 2.81. The molecule has 0 amide bonds. The van der Waals surface area contributed by atoms with Crippen molar-refractivity contribution in [2.24, 2.45) is 0 Å². The van der Waals surface area contributed by atoms with Crippen molar-refractivity contribution in [3.05, 3.63) is 35.6 Å². The van der Waals surface area contributed by atoms with E-state index in [0.717, 1.165) is 0 Å². The minimum atomic E-state index is -0.808. The molecule has 2 unspecified atom stereocenters. The molecule has 2 nitrogen and oxygen atoms in total. The van der Waals surface area contributed by atoms with Gasteiger partial charge in [-0.3, -0.25) is 4.21 Å². The first-order valence-electron chi connectivity index (χ1n) is 4.60. The molecule has 1 heterocycles. The number of nitrogens with one attached hydrogen (secondary N) is 1. The zero-order valence-electron chi connectivity index (χ0n) is 7.70. The molecule has 1 fully saturated rings. The molecule has 0 aromatic heterocycles. The fourth-order valence-electron chi connectivity index (χ4n) is 1.63. The molecule has 4 heteroatoms. The summed E-state index contributed by atoms with van der Waals surface area (Å²) in [4.78, 5) is 0. The number of hydrogen-bond acceptors (Lipinski definition) is 2. The van der Waals surface area contributed by atoms with E-state index < -0.39 is 10.8 Å². The van der Waals surface area contributed by atoms with Crippen molar-refractivity contribution < 1.29 is 8.60 Å². The van der Waals surface area contributed by atoms with Crippen LogP contribution in [-0.2, 0) is 10.8 Å². The van der Waals surface area contributed by atoms with Crippen molar-refractivity contribution in [1.82, 2.24) is 5.32 Å². The first-order valence-corrected chi connectivity index (χ1v) is 6.09. The molecule has 1 aromatic rings. The molecule has 2 atom stereocenters. The Kier molecular flexibility index (Phi) is 2.93. The minimum Gasteiger partial charge on any atom is -0.308 e. The second kappa shape index (κ2) is 4.19. The molecule has 2 rings (SSSR count). The molecule has 1 saturated heterocycles. The van der Waals surface area contributed by atoms with Crippen LogP contribution >= 0.6 is 0 Å². The largest absolute Gasteiger partial charge is 0.308 e. The molecule has 0 spiro atoms. The minimum absolute atomic E-state index is 0.0919. The Hall–Kier alpha value is -0.740. The highest BCUT2D eigenvalue weighted by molar-refractivity contribution is 7.85. The van der Waals surface area contributed by atoms with Crippen LogP contribution in [0.1, 0.15) is 11.6 Å². The Balaban J connectivity index is 2.22. The van der Waals surface area contributed by atoms with Crippen molar-refractivity contribution in [3.8, 4) is 0 Å². The van der Waals surface area contributed by atoms with Crippen LogP contribution in [0.15, 0.2) is 24.3 Å². The topological polar surface area (TPSA) is 29.1 Å². The molecular weight excluding hydrogens is 201 g/mol. The van der Waals surface area contributed by atoms with Gasteiger partial charge >= 0.3 is 0 Å². The van der Waals surface area contributed by atoms with Gasteiger partial charge < -0.3 is 5.32 Å². The summed E-state index contributed by atoms with van der Waals surface area (Å²) in [6.07, 6.45) is 0. The van der Waals surface area contributed by atoms with Crippen molar-refractivity contribution in [3.63, 3.8) is 0 Å². The summed E-state index contributed by atoms with van der Waals surface area (Å²) in [5.41, 5.74) is 0.626. The van der Waals surface area contributed by atoms with Gasteiger partial charge in [0.2, 0.25) is 0 Å². The lowest BCUT2D eigenvalue weighted by Crippen LogP contribution is -2.36. The fraction of sp³-hybridized carbons (Fsp3) is 0.400. The molecule has 1 aliphatic heterocycles. The molecule has 14 heavy (non-hydrogen) atoms. The van der Waals surface area contributed by atoms with E-state index in [1.807, 2.05) is 0 Å². The zero-order chi connectivity index (χ0) is 9.97. The maximum atomic E-state index is 13.4. The lowest BCUT2D eigenvalue weighted by atomic mass is 10.1. The van der Waals surface area contributed by atoms with Gasteiger partial charge in [0.1, 0.15) is 5.82 Å². The van der Waals surface area contributed by atoms with Crippen molar-refractivity contribution >= 4 is 10.8 Å². The zero-order valence-corrected chi connectivity index (χ0v) is 8.52. The van der Waals surface area contributed by atoms with Crippen LogP contribution in [-0.4, -0.2) is 22.3 Å². The van der Waals surface area contributed by atoms with E-state index >= 15 is 0 Å². The van der Waals surface area contributed by atoms with E-state index in [0.29, 0.717) is 23.6 Å². The maximum Gasteiger partial charge on any atom is 0.128 e. The first kappa shape index (κ1) is 9.80. The molecule has 76 valence electrons. The van der Waals surface area contributed by atoms with E-state index in [2.05, 4.69) is 5.32 Å². The van der Waals surface area contributed by atoms with Crippen LogP contribution < -0.4 is 5.32 Å². The van der Waals surface area contributed by atoms with E-state index in [9.17, 15) is 8.60 Å². The standard InChI is InChI=1S/C10H12FNOS/c11-9-4-2-1-3-8(9)10-7-14(13)6-5-12-10/h1-4,10,12H,5-7H2. The summed E-state index contributed by atoms with van der Waals surface area (Å²) in [7, 11) is -0.808. The first-order chi connectivity index (χ1) is 6.77. The molecule has 0 aliphatic carbocycles.